The number of benzene rings is 2. The van der Waals surface area contributed by atoms with Gasteiger partial charge in [0.25, 0.3) is 0 Å². The quantitative estimate of drug-likeness (QED) is 0.860. The van der Waals surface area contributed by atoms with Crippen molar-refractivity contribution < 1.29 is 8.42 Å². The first kappa shape index (κ1) is 16.2. The number of aryl methyl sites for hydroxylation is 1. The Morgan fingerprint density at radius 2 is 1.62 bits per heavy atom. The molecule has 0 bridgehead atoms. The summed E-state index contributed by atoms with van der Waals surface area (Å²) in [5.74, 6) is 0. The molecule has 0 heterocycles. The lowest BCUT2D eigenvalue weighted by Gasteiger charge is -2.17. The molecule has 5 heteroatoms. The van der Waals surface area contributed by atoms with Crippen molar-refractivity contribution in [2.24, 2.45) is 0 Å². The predicted molar refractivity (Wildman–Crippen MR) is 88.7 cm³/mol. The average molecular weight is 368 g/mol. The molecule has 0 fully saturated rings. The molecule has 3 nitrogen and oxygen atoms in total. The molecular weight excluding hydrogens is 350 g/mol. The van der Waals surface area contributed by atoms with Gasteiger partial charge in [0.2, 0.25) is 10.0 Å². The Morgan fingerprint density at radius 1 is 1.05 bits per heavy atom. The summed E-state index contributed by atoms with van der Waals surface area (Å²) >= 11 is 3.38. The van der Waals surface area contributed by atoms with E-state index >= 15 is 0 Å². The van der Waals surface area contributed by atoms with Crippen LogP contribution in [0.25, 0.3) is 0 Å². The van der Waals surface area contributed by atoms with Crippen LogP contribution in [0.2, 0.25) is 0 Å². The van der Waals surface area contributed by atoms with Crippen LogP contribution in [-0.4, -0.2) is 8.42 Å². The molecular formula is C16H18BrNO2S. The highest BCUT2D eigenvalue weighted by atomic mass is 79.9. The van der Waals surface area contributed by atoms with E-state index in [0.717, 1.165) is 15.6 Å². The van der Waals surface area contributed by atoms with Crippen LogP contribution in [0.3, 0.4) is 0 Å². The van der Waals surface area contributed by atoms with Crippen LogP contribution in [0.4, 0.5) is 0 Å². The molecule has 0 spiro atoms. The lowest BCUT2D eigenvalue weighted by atomic mass is 10.1. The van der Waals surface area contributed by atoms with E-state index in [1.54, 1.807) is 24.3 Å². The Hall–Kier alpha value is -1.17. The summed E-state index contributed by atoms with van der Waals surface area (Å²) in [5.41, 5.74) is 1.99. The zero-order valence-corrected chi connectivity index (χ0v) is 14.4. The summed E-state index contributed by atoms with van der Waals surface area (Å²) in [6, 6.07) is 14.3. The Labute approximate surface area is 134 Å². The summed E-state index contributed by atoms with van der Waals surface area (Å²) in [7, 11) is -3.51. The van der Waals surface area contributed by atoms with Crippen molar-refractivity contribution in [3.05, 3.63) is 64.1 Å². The highest BCUT2D eigenvalue weighted by molar-refractivity contribution is 9.10. The minimum absolute atomic E-state index is 0.232. The van der Waals surface area contributed by atoms with Crippen molar-refractivity contribution >= 4 is 26.0 Å². The van der Waals surface area contributed by atoms with Crippen LogP contribution in [0.1, 0.15) is 30.5 Å². The Kier molecular flexibility index (Phi) is 5.19. The molecule has 1 N–H and O–H groups in total. The summed E-state index contributed by atoms with van der Waals surface area (Å²) in [4.78, 5) is 0.295. The smallest absolute Gasteiger partial charge is 0.207 e. The molecule has 2 rings (SSSR count). The van der Waals surface area contributed by atoms with Gasteiger partial charge in [0.15, 0.2) is 0 Å². The van der Waals surface area contributed by atoms with Crippen LogP contribution in [-0.2, 0) is 10.0 Å². The minimum Gasteiger partial charge on any atom is -0.207 e. The molecule has 0 saturated carbocycles. The second-order valence-electron chi connectivity index (χ2n) is 4.95. The summed E-state index contributed by atoms with van der Waals surface area (Å²) in [5, 5.41) is 0. The van der Waals surface area contributed by atoms with E-state index < -0.39 is 10.0 Å². The van der Waals surface area contributed by atoms with Gasteiger partial charge in [0, 0.05) is 10.5 Å². The van der Waals surface area contributed by atoms with Crippen molar-refractivity contribution in [3.8, 4) is 0 Å². The van der Waals surface area contributed by atoms with Gasteiger partial charge in [-0.1, -0.05) is 52.7 Å². The van der Waals surface area contributed by atoms with E-state index in [-0.39, 0.29) is 6.04 Å². The zero-order chi connectivity index (χ0) is 15.5. The van der Waals surface area contributed by atoms with Crippen molar-refractivity contribution in [1.82, 2.24) is 4.72 Å². The first-order valence-corrected chi connectivity index (χ1v) is 9.04. The van der Waals surface area contributed by atoms with Gasteiger partial charge in [-0.2, -0.15) is 0 Å². The predicted octanol–water partition coefficient (Wildman–Crippen LogP) is 4.19. The standard InChI is InChI=1S/C16H18BrNO2S/c1-3-16(13-6-8-14(17)9-7-13)18-21(19,20)15-10-4-12(2)5-11-15/h4-11,16,18H,3H2,1-2H3/t16-/m1/s1. The van der Waals surface area contributed by atoms with E-state index in [2.05, 4.69) is 20.7 Å². The third-order valence-electron chi connectivity index (χ3n) is 3.31. The topological polar surface area (TPSA) is 46.2 Å². The first-order valence-electron chi connectivity index (χ1n) is 6.77. The van der Waals surface area contributed by atoms with Crippen molar-refractivity contribution in [2.45, 2.75) is 31.2 Å². The van der Waals surface area contributed by atoms with Gasteiger partial charge in [-0.25, -0.2) is 13.1 Å². The molecule has 2 aromatic rings. The fraction of sp³-hybridized carbons (Fsp3) is 0.250. The normalized spacial score (nSPS) is 13.1. The number of halogens is 1. The van der Waals surface area contributed by atoms with Crippen LogP contribution >= 0.6 is 15.9 Å². The third-order valence-corrected chi connectivity index (χ3v) is 5.33. The lowest BCUT2D eigenvalue weighted by Crippen LogP contribution is -2.28. The molecule has 0 aromatic heterocycles. The molecule has 0 aliphatic carbocycles. The monoisotopic (exact) mass is 367 g/mol. The largest absolute Gasteiger partial charge is 0.241 e. The number of hydrogen-bond acceptors (Lipinski definition) is 2. The Bertz CT molecular complexity index is 694. The third kappa shape index (κ3) is 4.15. The molecule has 0 aliphatic heterocycles. The van der Waals surface area contributed by atoms with Gasteiger partial charge in [0.1, 0.15) is 0 Å². The SMILES string of the molecule is CC[C@@H](NS(=O)(=O)c1ccc(C)cc1)c1ccc(Br)cc1. The fourth-order valence-electron chi connectivity index (χ4n) is 2.05. The highest BCUT2D eigenvalue weighted by Gasteiger charge is 2.20. The first-order chi connectivity index (χ1) is 9.92. The number of hydrogen-bond donors (Lipinski definition) is 1. The molecule has 2 aromatic carbocycles. The fourth-order valence-corrected chi connectivity index (χ4v) is 3.63. The van der Waals surface area contributed by atoms with Crippen LogP contribution < -0.4 is 4.72 Å². The number of sulfonamides is 1. The van der Waals surface area contributed by atoms with Crippen LogP contribution in [0.15, 0.2) is 57.9 Å². The highest BCUT2D eigenvalue weighted by Crippen LogP contribution is 2.22. The molecule has 0 saturated heterocycles. The van der Waals surface area contributed by atoms with E-state index in [1.165, 1.54) is 0 Å². The van der Waals surface area contributed by atoms with Gasteiger partial charge in [-0.05, 0) is 43.2 Å². The van der Waals surface area contributed by atoms with Gasteiger partial charge in [-0.3, -0.25) is 0 Å². The van der Waals surface area contributed by atoms with Crippen LogP contribution in [0, 0.1) is 6.92 Å². The maximum atomic E-state index is 12.4. The summed E-state index contributed by atoms with van der Waals surface area (Å²) in [6.45, 7) is 3.89. The Morgan fingerprint density at radius 3 is 2.14 bits per heavy atom. The van der Waals surface area contributed by atoms with Gasteiger partial charge < -0.3 is 0 Å². The van der Waals surface area contributed by atoms with E-state index in [4.69, 9.17) is 0 Å². The number of nitrogens with one attached hydrogen (secondary N) is 1. The summed E-state index contributed by atoms with van der Waals surface area (Å²) < 4.78 is 28.6. The second kappa shape index (κ2) is 6.73. The zero-order valence-electron chi connectivity index (χ0n) is 12.0. The van der Waals surface area contributed by atoms with Gasteiger partial charge >= 0.3 is 0 Å². The molecule has 0 radical (unpaired) electrons. The van der Waals surface area contributed by atoms with Crippen LogP contribution in [0.5, 0.6) is 0 Å². The van der Waals surface area contributed by atoms with Crippen molar-refractivity contribution in [2.75, 3.05) is 0 Å². The number of rotatable bonds is 5. The van der Waals surface area contributed by atoms with E-state index in [1.807, 2.05) is 38.1 Å². The lowest BCUT2D eigenvalue weighted by molar-refractivity contribution is 0.550. The Balaban J connectivity index is 2.24. The van der Waals surface area contributed by atoms with Crippen molar-refractivity contribution in [3.63, 3.8) is 0 Å². The maximum absolute atomic E-state index is 12.4. The molecule has 0 amide bonds. The molecule has 1 atom stereocenters. The average Bonchev–Trinajstić information content (AvgIpc) is 2.46. The maximum Gasteiger partial charge on any atom is 0.241 e. The second-order valence-corrected chi connectivity index (χ2v) is 7.58. The molecule has 0 aliphatic rings. The molecule has 21 heavy (non-hydrogen) atoms. The molecule has 112 valence electrons. The van der Waals surface area contributed by atoms with Crippen molar-refractivity contribution in [1.29, 1.82) is 0 Å². The van der Waals surface area contributed by atoms with E-state index in [0.29, 0.717) is 11.3 Å². The molecule has 0 unspecified atom stereocenters. The van der Waals surface area contributed by atoms with Gasteiger partial charge in [0.05, 0.1) is 4.90 Å². The van der Waals surface area contributed by atoms with E-state index in [9.17, 15) is 8.42 Å². The minimum atomic E-state index is -3.51. The summed E-state index contributed by atoms with van der Waals surface area (Å²) in [6.07, 6.45) is 0.687. The van der Waals surface area contributed by atoms with Gasteiger partial charge in [-0.15, -0.1) is 0 Å².